The van der Waals surface area contributed by atoms with Crippen LogP contribution < -0.4 is 5.73 Å². The highest BCUT2D eigenvalue weighted by molar-refractivity contribution is 5.08. The fraction of sp³-hybridized carbons (Fsp3) is 0.636. The average Bonchev–Trinajstić information content (AvgIpc) is 2.73. The van der Waals surface area contributed by atoms with Gasteiger partial charge in [0, 0.05) is 0 Å². The maximum Gasteiger partial charge on any atom is 0.121 e. The number of hydrogen-bond acceptors (Lipinski definition) is 2. The van der Waals surface area contributed by atoms with Crippen LogP contribution in [0.3, 0.4) is 0 Å². The van der Waals surface area contributed by atoms with Gasteiger partial charge < -0.3 is 10.2 Å². The van der Waals surface area contributed by atoms with Crippen LogP contribution in [0, 0.1) is 5.41 Å². The predicted molar refractivity (Wildman–Crippen MR) is 52.2 cm³/mol. The predicted octanol–water partition coefficient (Wildman–Crippen LogP) is 2.86. The third kappa shape index (κ3) is 1.51. The maximum atomic E-state index is 6.19. The van der Waals surface area contributed by atoms with Crippen LogP contribution in [0.2, 0.25) is 0 Å². The van der Waals surface area contributed by atoms with Crippen molar-refractivity contribution in [2.45, 2.75) is 38.6 Å². The van der Waals surface area contributed by atoms with Crippen molar-refractivity contribution < 1.29 is 4.42 Å². The van der Waals surface area contributed by atoms with Crippen LogP contribution >= 0.6 is 0 Å². The molecule has 2 nitrogen and oxygen atoms in total. The minimum Gasteiger partial charge on any atom is -0.468 e. The van der Waals surface area contributed by atoms with E-state index in [9.17, 15) is 0 Å². The van der Waals surface area contributed by atoms with Crippen molar-refractivity contribution in [3.63, 3.8) is 0 Å². The molecule has 2 N–H and O–H groups in total. The SMILES string of the molecule is CC1(C(N)c2ccco2)CCCC1. The molecule has 0 amide bonds. The minimum absolute atomic E-state index is 0.0741. The first-order chi connectivity index (χ1) is 6.22. The molecule has 1 heterocycles. The molecule has 1 aliphatic carbocycles. The molecule has 1 aliphatic rings. The van der Waals surface area contributed by atoms with Gasteiger partial charge in [-0.25, -0.2) is 0 Å². The Labute approximate surface area is 79.1 Å². The molecule has 2 rings (SSSR count). The Balaban J connectivity index is 2.16. The Morgan fingerprint density at radius 1 is 1.46 bits per heavy atom. The summed E-state index contributed by atoms with van der Waals surface area (Å²) in [4.78, 5) is 0. The molecule has 1 aromatic heterocycles. The molecule has 0 aromatic carbocycles. The van der Waals surface area contributed by atoms with E-state index in [1.165, 1.54) is 25.7 Å². The summed E-state index contributed by atoms with van der Waals surface area (Å²) < 4.78 is 5.35. The van der Waals surface area contributed by atoms with E-state index >= 15 is 0 Å². The summed E-state index contributed by atoms with van der Waals surface area (Å²) >= 11 is 0. The molecule has 1 unspecified atom stereocenters. The first kappa shape index (κ1) is 8.82. The lowest BCUT2D eigenvalue weighted by atomic mass is 9.80. The molecule has 1 atom stereocenters. The zero-order valence-corrected chi connectivity index (χ0v) is 8.12. The van der Waals surface area contributed by atoms with Crippen molar-refractivity contribution >= 4 is 0 Å². The molecule has 1 saturated carbocycles. The monoisotopic (exact) mass is 179 g/mol. The van der Waals surface area contributed by atoms with Crippen LogP contribution in [0.5, 0.6) is 0 Å². The summed E-state index contributed by atoms with van der Waals surface area (Å²) in [5.74, 6) is 0.935. The Kier molecular flexibility index (Phi) is 2.16. The third-order valence-electron chi connectivity index (χ3n) is 3.35. The minimum atomic E-state index is 0.0741. The molecule has 13 heavy (non-hydrogen) atoms. The zero-order chi connectivity index (χ0) is 9.31. The van der Waals surface area contributed by atoms with Gasteiger partial charge in [-0.05, 0) is 30.4 Å². The summed E-state index contributed by atoms with van der Waals surface area (Å²) in [5.41, 5.74) is 6.45. The molecule has 1 aromatic rings. The van der Waals surface area contributed by atoms with E-state index < -0.39 is 0 Å². The standard InChI is InChI=1S/C11H17NO/c1-11(6-2-3-7-11)10(12)9-5-4-8-13-9/h4-5,8,10H,2-3,6-7,12H2,1H3. The summed E-state index contributed by atoms with van der Waals surface area (Å²) in [7, 11) is 0. The van der Waals surface area contributed by atoms with Gasteiger partial charge in [0.25, 0.3) is 0 Å². The van der Waals surface area contributed by atoms with Gasteiger partial charge in [-0.1, -0.05) is 19.8 Å². The van der Waals surface area contributed by atoms with Crippen LogP contribution in [-0.2, 0) is 0 Å². The highest BCUT2D eigenvalue weighted by atomic mass is 16.3. The topological polar surface area (TPSA) is 39.2 Å². The lowest BCUT2D eigenvalue weighted by Crippen LogP contribution is -2.28. The first-order valence-corrected chi connectivity index (χ1v) is 5.01. The van der Waals surface area contributed by atoms with Crippen LogP contribution in [0.25, 0.3) is 0 Å². The molecule has 0 radical (unpaired) electrons. The van der Waals surface area contributed by atoms with E-state index in [-0.39, 0.29) is 11.5 Å². The van der Waals surface area contributed by atoms with E-state index in [0.717, 1.165) is 5.76 Å². The number of rotatable bonds is 2. The number of hydrogen-bond donors (Lipinski definition) is 1. The molecule has 0 bridgehead atoms. The van der Waals surface area contributed by atoms with Gasteiger partial charge in [0.15, 0.2) is 0 Å². The first-order valence-electron chi connectivity index (χ1n) is 5.01. The Hall–Kier alpha value is -0.760. The van der Waals surface area contributed by atoms with Crippen LogP contribution in [0.4, 0.5) is 0 Å². The van der Waals surface area contributed by atoms with Gasteiger partial charge in [-0.2, -0.15) is 0 Å². The highest BCUT2D eigenvalue weighted by Crippen LogP contribution is 2.45. The van der Waals surface area contributed by atoms with Gasteiger partial charge in [-0.15, -0.1) is 0 Å². The second kappa shape index (κ2) is 3.18. The second-order valence-corrected chi connectivity index (χ2v) is 4.35. The van der Waals surface area contributed by atoms with Crippen LogP contribution in [0.1, 0.15) is 44.4 Å². The van der Waals surface area contributed by atoms with Crippen LogP contribution in [0.15, 0.2) is 22.8 Å². The van der Waals surface area contributed by atoms with Gasteiger partial charge >= 0.3 is 0 Å². The third-order valence-corrected chi connectivity index (χ3v) is 3.35. The highest BCUT2D eigenvalue weighted by Gasteiger charge is 2.36. The molecule has 0 spiro atoms. The van der Waals surface area contributed by atoms with E-state index in [2.05, 4.69) is 6.92 Å². The Morgan fingerprint density at radius 2 is 2.15 bits per heavy atom. The smallest absolute Gasteiger partial charge is 0.121 e. The molecular formula is C11H17NO. The Morgan fingerprint density at radius 3 is 2.69 bits per heavy atom. The fourth-order valence-corrected chi connectivity index (χ4v) is 2.31. The van der Waals surface area contributed by atoms with E-state index in [4.69, 9.17) is 10.2 Å². The van der Waals surface area contributed by atoms with E-state index in [1.54, 1.807) is 6.26 Å². The molecule has 1 fully saturated rings. The normalized spacial score (nSPS) is 23.2. The van der Waals surface area contributed by atoms with E-state index in [0.29, 0.717) is 0 Å². The molecular weight excluding hydrogens is 162 g/mol. The van der Waals surface area contributed by atoms with Gasteiger partial charge in [-0.3, -0.25) is 0 Å². The van der Waals surface area contributed by atoms with Crippen molar-refractivity contribution in [3.05, 3.63) is 24.2 Å². The number of furan rings is 1. The quantitative estimate of drug-likeness (QED) is 0.758. The fourth-order valence-electron chi connectivity index (χ4n) is 2.31. The molecule has 2 heteroatoms. The van der Waals surface area contributed by atoms with Crippen molar-refractivity contribution in [1.82, 2.24) is 0 Å². The van der Waals surface area contributed by atoms with Crippen LogP contribution in [-0.4, -0.2) is 0 Å². The van der Waals surface area contributed by atoms with Gasteiger partial charge in [0.2, 0.25) is 0 Å². The van der Waals surface area contributed by atoms with Gasteiger partial charge in [0.1, 0.15) is 5.76 Å². The van der Waals surface area contributed by atoms with Gasteiger partial charge in [0.05, 0.1) is 12.3 Å². The zero-order valence-electron chi connectivity index (χ0n) is 8.12. The second-order valence-electron chi connectivity index (χ2n) is 4.35. The Bertz CT molecular complexity index is 260. The summed E-state index contributed by atoms with van der Waals surface area (Å²) in [6.07, 6.45) is 6.78. The summed E-state index contributed by atoms with van der Waals surface area (Å²) in [5, 5.41) is 0. The summed E-state index contributed by atoms with van der Waals surface area (Å²) in [6.45, 7) is 2.27. The lowest BCUT2D eigenvalue weighted by Gasteiger charge is -2.29. The lowest BCUT2D eigenvalue weighted by molar-refractivity contribution is 0.236. The molecule has 0 saturated heterocycles. The van der Waals surface area contributed by atoms with E-state index in [1.807, 2.05) is 12.1 Å². The van der Waals surface area contributed by atoms with Crippen molar-refractivity contribution in [2.24, 2.45) is 11.1 Å². The summed E-state index contributed by atoms with van der Waals surface area (Å²) in [6, 6.07) is 3.96. The van der Waals surface area contributed by atoms with Crippen molar-refractivity contribution in [2.75, 3.05) is 0 Å². The largest absolute Gasteiger partial charge is 0.468 e. The maximum absolute atomic E-state index is 6.19. The van der Waals surface area contributed by atoms with Crippen molar-refractivity contribution in [3.8, 4) is 0 Å². The number of nitrogens with two attached hydrogens (primary N) is 1. The average molecular weight is 179 g/mol. The van der Waals surface area contributed by atoms with Crippen molar-refractivity contribution in [1.29, 1.82) is 0 Å². The molecule has 0 aliphatic heterocycles. The molecule has 72 valence electrons.